The van der Waals surface area contributed by atoms with Gasteiger partial charge in [-0.15, -0.1) is 0 Å². The molecule has 8 nitrogen and oxygen atoms in total. The highest BCUT2D eigenvalue weighted by molar-refractivity contribution is 6.23. The molecule has 0 saturated heterocycles. The molecule has 2 aromatic rings. The number of nitrogens with one attached hydrogen (secondary N) is 1. The smallest absolute Gasteiger partial charge is 0.262 e. The summed E-state index contributed by atoms with van der Waals surface area (Å²) in [5.41, 5.74) is 6.02. The average molecular weight is 353 g/mol. The van der Waals surface area contributed by atoms with E-state index in [4.69, 9.17) is 15.2 Å². The molecule has 1 spiro atoms. The molecule has 3 aliphatic rings. The quantitative estimate of drug-likeness (QED) is 0.748. The SMILES string of the molecule is Nc1c2c(cc(=O)n1-c1ccc3c(c1)OC1(CCCC1)O3)C(=O)NC2=O. The van der Waals surface area contributed by atoms with Gasteiger partial charge < -0.3 is 15.2 Å². The van der Waals surface area contributed by atoms with E-state index < -0.39 is 23.2 Å². The average Bonchev–Trinajstić information content (AvgIpc) is 3.26. The first-order valence-electron chi connectivity index (χ1n) is 8.41. The summed E-state index contributed by atoms with van der Waals surface area (Å²) in [5.74, 6) is -0.753. The van der Waals surface area contributed by atoms with Crippen molar-refractivity contribution < 1.29 is 19.1 Å². The molecule has 1 aliphatic carbocycles. The van der Waals surface area contributed by atoms with E-state index in [1.165, 1.54) is 4.57 Å². The number of imide groups is 1. The van der Waals surface area contributed by atoms with Crippen molar-refractivity contribution in [3.8, 4) is 17.2 Å². The predicted octanol–water partition coefficient (Wildman–Crippen LogP) is 1.34. The maximum absolute atomic E-state index is 12.5. The van der Waals surface area contributed by atoms with E-state index in [2.05, 4.69) is 5.32 Å². The summed E-state index contributed by atoms with van der Waals surface area (Å²) in [7, 11) is 0. The number of nitrogens with zero attached hydrogens (tertiary/aromatic N) is 1. The van der Waals surface area contributed by atoms with E-state index in [0.29, 0.717) is 17.2 Å². The van der Waals surface area contributed by atoms with Crippen LogP contribution in [0.15, 0.2) is 29.1 Å². The number of nitrogens with two attached hydrogens (primary N) is 1. The zero-order valence-electron chi connectivity index (χ0n) is 13.7. The number of anilines is 1. The first kappa shape index (κ1) is 15.0. The van der Waals surface area contributed by atoms with Crippen molar-refractivity contribution >= 4 is 17.6 Å². The Morgan fingerprint density at radius 2 is 1.73 bits per heavy atom. The lowest BCUT2D eigenvalue weighted by molar-refractivity contribution is -0.0716. The van der Waals surface area contributed by atoms with Crippen LogP contribution in [0.5, 0.6) is 11.5 Å². The molecular weight excluding hydrogens is 338 g/mol. The molecule has 2 amide bonds. The van der Waals surface area contributed by atoms with E-state index in [1.807, 2.05) is 0 Å². The number of fused-ring (bicyclic) bond motifs is 2. The number of amides is 2. The predicted molar refractivity (Wildman–Crippen MR) is 90.7 cm³/mol. The van der Waals surface area contributed by atoms with Crippen molar-refractivity contribution in [2.45, 2.75) is 31.5 Å². The molecule has 132 valence electrons. The van der Waals surface area contributed by atoms with Crippen LogP contribution in [0.25, 0.3) is 5.69 Å². The third-order valence-corrected chi connectivity index (χ3v) is 5.10. The third kappa shape index (κ3) is 1.92. The molecule has 3 N–H and O–H groups in total. The van der Waals surface area contributed by atoms with Crippen molar-refractivity contribution in [2.75, 3.05) is 5.73 Å². The first-order chi connectivity index (χ1) is 12.5. The molecule has 0 unspecified atom stereocenters. The van der Waals surface area contributed by atoms with Gasteiger partial charge in [0, 0.05) is 25.0 Å². The number of aromatic nitrogens is 1. The molecule has 3 heterocycles. The zero-order valence-corrected chi connectivity index (χ0v) is 13.7. The van der Waals surface area contributed by atoms with Crippen molar-refractivity contribution in [1.29, 1.82) is 0 Å². The summed E-state index contributed by atoms with van der Waals surface area (Å²) >= 11 is 0. The van der Waals surface area contributed by atoms with Crippen molar-refractivity contribution in [3.63, 3.8) is 0 Å². The maximum Gasteiger partial charge on any atom is 0.262 e. The Balaban J connectivity index is 1.63. The highest BCUT2D eigenvalue weighted by Crippen LogP contribution is 2.47. The van der Waals surface area contributed by atoms with E-state index in [9.17, 15) is 14.4 Å². The number of rotatable bonds is 1. The second-order valence-electron chi connectivity index (χ2n) is 6.73. The van der Waals surface area contributed by atoms with Crippen LogP contribution in [0.4, 0.5) is 5.82 Å². The van der Waals surface area contributed by atoms with Gasteiger partial charge in [0.1, 0.15) is 5.82 Å². The van der Waals surface area contributed by atoms with Crippen molar-refractivity contribution in [3.05, 3.63) is 45.7 Å². The lowest BCUT2D eigenvalue weighted by Crippen LogP contribution is -2.34. The Bertz CT molecular complexity index is 1050. The molecule has 1 saturated carbocycles. The maximum atomic E-state index is 12.5. The molecule has 1 aromatic carbocycles. The minimum absolute atomic E-state index is 0.000554. The highest BCUT2D eigenvalue weighted by atomic mass is 16.7. The van der Waals surface area contributed by atoms with Crippen LogP contribution in [0.2, 0.25) is 0 Å². The van der Waals surface area contributed by atoms with Gasteiger partial charge in [0.15, 0.2) is 11.5 Å². The third-order valence-electron chi connectivity index (χ3n) is 5.10. The monoisotopic (exact) mass is 353 g/mol. The summed E-state index contributed by atoms with van der Waals surface area (Å²) in [6.07, 6.45) is 3.73. The Morgan fingerprint density at radius 3 is 2.50 bits per heavy atom. The fourth-order valence-corrected chi connectivity index (χ4v) is 3.89. The van der Waals surface area contributed by atoms with Gasteiger partial charge in [-0.1, -0.05) is 0 Å². The van der Waals surface area contributed by atoms with E-state index in [0.717, 1.165) is 31.7 Å². The number of hydrogen-bond donors (Lipinski definition) is 2. The van der Waals surface area contributed by atoms with Crippen LogP contribution >= 0.6 is 0 Å². The minimum Gasteiger partial charge on any atom is -0.448 e. The molecular formula is C18H15N3O5. The summed E-state index contributed by atoms with van der Waals surface area (Å²) < 4.78 is 13.2. The summed E-state index contributed by atoms with van der Waals surface area (Å²) in [4.78, 5) is 36.3. The molecule has 0 bridgehead atoms. The molecule has 1 aromatic heterocycles. The van der Waals surface area contributed by atoms with Gasteiger partial charge >= 0.3 is 0 Å². The van der Waals surface area contributed by atoms with E-state index in [-0.39, 0.29) is 16.9 Å². The molecule has 5 rings (SSSR count). The van der Waals surface area contributed by atoms with Crippen LogP contribution in [-0.2, 0) is 0 Å². The molecule has 0 radical (unpaired) electrons. The largest absolute Gasteiger partial charge is 0.448 e. The summed E-state index contributed by atoms with van der Waals surface area (Å²) in [6, 6.07) is 6.19. The van der Waals surface area contributed by atoms with Gasteiger partial charge in [0.05, 0.1) is 16.8 Å². The molecule has 0 atom stereocenters. The van der Waals surface area contributed by atoms with Crippen LogP contribution in [0, 0.1) is 0 Å². The van der Waals surface area contributed by atoms with Gasteiger partial charge in [-0.25, -0.2) is 0 Å². The van der Waals surface area contributed by atoms with Crippen LogP contribution in [0.1, 0.15) is 46.4 Å². The first-order valence-corrected chi connectivity index (χ1v) is 8.41. The van der Waals surface area contributed by atoms with Crippen LogP contribution in [0.3, 0.4) is 0 Å². The zero-order chi connectivity index (χ0) is 18.1. The van der Waals surface area contributed by atoms with E-state index in [1.54, 1.807) is 18.2 Å². The molecule has 2 aliphatic heterocycles. The number of ether oxygens (including phenoxy) is 2. The lowest BCUT2D eigenvalue weighted by atomic mass is 10.1. The normalized spacial score (nSPS) is 19.1. The Kier molecular flexibility index (Phi) is 2.81. The fraction of sp³-hybridized carbons (Fsp3) is 0.278. The number of pyridine rings is 1. The van der Waals surface area contributed by atoms with Gasteiger partial charge in [-0.3, -0.25) is 24.3 Å². The fourth-order valence-electron chi connectivity index (χ4n) is 3.89. The second kappa shape index (κ2) is 4.87. The number of nitrogen functional groups attached to an aromatic ring is 1. The van der Waals surface area contributed by atoms with Gasteiger partial charge in [0.2, 0.25) is 0 Å². The number of carbonyl (C=O) groups is 2. The number of hydrogen-bond acceptors (Lipinski definition) is 6. The highest BCUT2D eigenvalue weighted by Gasteiger charge is 2.44. The second-order valence-corrected chi connectivity index (χ2v) is 6.73. The summed E-state index contributed by atoms with van der Waals surface area (Å²) in [5, 5.41) is 2.15. The number of carbonyl (C=O) groups excluding carboxylic acids is 2. The van der Waals surface area contributed by atoms with Crippen molar-refractivity contribution in [1.82, 2.24) is 9.88 Å². The van der Waals surface area contributed by atoms with Crippen molar-refractivity contribution in [2.24, 2.45) is 0 Å². The molecule has 1 fully saturated rings. The molecule has 26 heavy (non-hydrogen) atoms. The topological polar surface area (TPSA) is 113 Å². The van der Waals surface area contributed by atoms with Gasteiger partial charge in [-0.2, -0.15) is 0 Å². The Labute approximate surface area is 147 Å². The summed E-state index contributed by atoms with van der Waals surface area (Å²) in [6.45, 7) is 0. The molecule has 8 heteroatoms. The van der Waals surface area contributed by atoms with Gasteiger partial charge in [-0.05, 0) is 25.0 Å². The lowest BCUT2D eigenvalue weighted by Gasteiger charge is -2.21. The minimum atomic E-state index is -0.616. The van der Waals surface area contributed by atoms with Crippen LogP contribution in [-0.4, -0.2) is 22.2 Å². The number of benzene rings is 1. The van der Waals surface area contributed by atoms with Gasteiger partial charge in [0.25, 0.3) is 23.2 Å². The van der Waals surface area contributed by atoms with Crippen LogP contribution < -0.4 is 26.1 Å². The van der Waals surface area contributed by atoms with E-state index >= 15 is 0 Å². The Hall–Kier alpha value is -3.29. The standard InChI is InChI=1S/C18H15N3O5/c19-15-14-10(16(23)20-17(14)24)8-13(22)21(15)9-3-4-11-12(7-9)26-18(25-11)5-1-2-6-18/h3-4,7-8H,1-2,5-6,19H2,(H,20,23,24). The Morgan fingerprint density at radius 1 is 1.00 bits per heavy atom.